The quantitative estimate of drug-likeness (QED) is 0.761. The Hall–Kier alpha value is -1.02. The van der Waals surface area contributed by atoms with E-state index in [9.17, 15) is 0 Å². The second-order valence-electron chi connectivity index (χ2n) is 4.10. The molecular formula is C12H18N2. The highest BCUT2D eigenvalue weighted by Gasteiger charge is 2.26. The molecule has 0 amide bonds. The fourth-order valence-corrected chi connectivity index (χ4v) is 2.30. The van der Waals surface area contributed by atoms with Gasteiger partial charge in [-0.25, -0.2) is 0 Å². The summed E-state index contributed by atoms with van der Waals surface area (Å²) >= 11 is 0. The molecule has 0 radical (unpaired) electrons. The summed E-state index contributed by atoms with van der Waals surface area (Å²) in [5, 5.41) is 3.25. The number of nitrogens with one attached hydrogen (secondary N) is 1. The van der Waals surface area contributed by atoms with Crippen molar-refractivity contribution in [2.24, 2.45) is 0 Å². The van der Waals surface area contributed by atoms with E-state index in [1.165, 1.54) is 23.2 Å². The Labute approximate surface area is 85.9 Å². The number of nitrogens with zero attached hydrogens (tertiary/aromatic N) is 1. The van der Waals surface area contributed by atoms with Crippen LogP contribution in [0.1, 0.15) is 11.1 Å². The number of rotatable bonds is 2. The summed E-state index contributed by atoms with van der Waals surface area (Å²) in [6.45, 7) is 3.26. The van der Waals surface area contributed by atoms with Crippen LogP contribution in [-0.4, -0.2) is 26.7 Å². The molecule has 76 valence electrons. The number of likely N-dealkylation sites (N-methyl/N-ethyl adjacent to an activating group) is 2. The number of anilines is 1. The van der Waals surface area contributed by atoms with Crippen LogP contribution < -0.4 is 10.2 Å². The second-order valence-corrected chi connectivity index (χ2v) is 4.10. The number of hydrogen-bond donors (Lipinski definition) is 1. The van der Waals surface area contributed by atoms with Gasteiger partial charge >= 0.3 is 0 Å². The Morgan fingerprint density at radius 1 is 1.50 bits per heavy atom. The van der Waals surface area contributed by atoms with Crippen LogP contribution in [-0.2, 0) is 6.42 Å². The highest BCUT2D eigenvalue weighted by Crippen LogP contribution is 2.32. The highest BCUT2D eigenvalue weighted by molar-refractivity contribution is 5.61. The van der Waals surface area contributed by atoms with Crippen LogP contribution in [0.25, 0.3) is 0 Å². The summed E-state index contributed by atoms with van der Waals surface area (Å²) < 4.78 is 0. The van der Waals surface area contributed by atoms with Crippen LogP contribution in [0.4, 0.5) is 5.69 Å². The second kappa shape index (κ2) is 3.62. The maximum Gasteiger partial charge on any atom is 0.0452 e. The first-order chi connectivity index (χ1) is 6.74. The molecule has 1 heterocycles. The van der Waals surface area contributed by atoms with E-state index < -0.39 is 0 Å². The molecule has 1 aromatic rings. The molecule has 2 heteroatoms. The number of hydrogen-bond acceptors (Lipinski definition) is 2. The molecule has 1 aliphatic rings. The Kier molecular flexibility index (Phi) is 2.46. The monoisotopic (exact) mass is 190 g/mol. The predicted molar refractivity (Wildman–Crippen MR) is 61.0 cm³/mol. The zero-order valence-electron chi connectivity index (χ0n) is 9.17. The first kappa shape index (κ1) is 9.53. The summed E-state index contributed by atoms with van der Waals surface area (Å²) in [7, 11) is 4.21. The summed E-state index contributed by atoms with van der Waals surface area (Å²) in [5.41, 5.74) is 4.36. The minimum atomic E-state index is 0.621. The van der Waals surface area contributed by atoms with Gasteiger partial charge in [-0.15, -0.1) is 0 Å². The van der Waals surface area contributed by atoms with Crippen LogP contribution in [0, 0.1) is 6.92 Å². The summed E-state index contributed by atoms with van der Waals surface area (Å²) in [4.78, 5) is 2.39. The lowest BCUT2D eigenvalue weighted by Gasteiger charge is -2.22. The van der Waals surface area contributed by atoms with E-state index in [4.69, 9.17) is 0 Å². The van der Waals surface area contributed by atoms with Gasteiger partial charge in [0.15, 0.2) is 0 Å². The maximum absolute atomic E-state index is 3.25. The van der Waals surface area contributed by atoms with Gasteiger partial charge in [0.2, 0.25) is 0 Å². The van der Waals surface area contributed by atoms with Crippen LogP contribution in [0.2, 0.25) is 0 Å². The smallest absolute Gasteiger partial charge is 0.0452 e. The van der Waals surface area contributed by atoms with Gasteiger partial charge in [0.25, 0.3) is 0 Å². The third-order valence-corrected chi connectivity index (χ3v) is 3.19. The van der Waals surface area contributed by atoms with Crippen molar-refractivity contribution in [3.05, 3.63) is 29.3 Å². The van der Waals surface area contributed by atoms with Crippen molar-refractivity contribution in [2.75, 3.05) is 25.5 Å². The van der Waals surface area contributed by atoms with E-state index in [-0.39, 0.29) is 0 Å². The largest absolute Gasteiger partial charge is 0.370 e. The molecule has 0 bridgehead atoms. The van der Waals surface area contributed by atoms with Crippen molar-refractivity contribution < 1.29 is 0 Å². The Morgan fingerprint density at radius 2 is 2.29 bits per heavy atom. The van der Waals surface area contributed by atoms with E-state index in [1.807, 2.05) is 7.05 Å². The molecule has 0 aliphatic carbocycles. The predicted octanol–water partition coefficient (Wildman–Crippen LogP) is 1.58. The van der Waals surface area contributed by atoms with Gasteiger partial charge in [-0.2, -0.15) is 0 Å². The van der Waals surface area contributed by atoms with Gasteiger partial charge in [0, 0.05) is 25.3 Å². The molecule has 1 aromatic carbocycles. The Morgan fingerprint density at radius 3 is 2.93 bits per heavy atom. The van der Waals surface area contributed by atoms with Gasteiger partial charge in [-0.1, -0.05) is 12.1 Å². The number of aryl methyl sites for hydroxylation is 1. The molecule has 0 saturated heterocycles. The van der Waals surface area contributed by atoms with Gasteiger partial charge < -0.3 is 10.2 Å². The van der Waals surface area contributed by atoms with Crippen molar-refractivity contribution in [3.63, 3.8) is 0 Å². The van der Waals surface area contributed by atoms with E-state index in [0.717, 1.165) is 6.54 Å². The standard InChI is InChI=1S/C12H18N2/c1-9-5-4-6-12-11(9)7-10(8-13-2)14(12)3/h4-6,10,13H,7-8H2,1-3H3. The fraction of sp³-hybridized carbons (Fsp3) is 0.500. The normalized spacial score (nSPS) is 19.9. The van der Waals surface area contributed by atoms with Gasteiger partial charge in [0.05, 0.1) is 0 Å². The SMILES string of the molecule is CNCC1Cc2c(C)cccc2N1C. The molecule has 2 nitrogen and oxygen atoms in total. The minimum absolute atomic E-state index is 0.621. The molecule has 1 aliphatic heterocycles. The van der Waals surface area contributed by atoms with E-state index >= 15 is 0 Å². The van der Waals surface area contributed by atoms with Gasteiger partial charge in [0.1, 0.15) is 0 Å². The molecule has 0 fully saturated rings. The van der Waals surface area contributed by atoms with E-state index in [2.05, 4.69) is 42.4 Å². The van der Waals surface area contributed by atoms with E-state index in [1.54, 1.807) is 0 Å². The Balaban J connectivity index is 2.30. The molecule has 14 heavy (non-hydrogen) atoms. The van der Waals surface area contributed by atoms with E-state index in [0.29, 0.717) is 6.04 Å². The summed E-state index contributed by atoms with van der Waals surface area (Å²) in [5.74, 6) is 0. The maximum atomic E-state index is 3.25. The lowest BCUT2D eigenvalue weighted by molar-refractivity contribution is 0.613. The third kappa shape index (κ3) is 1.40. The number of fused-ring (bicyclic) bond motifs is 1. The molecule has 1 unspecified atom stereocenters. The van der Waals surface area contributed by atoms with Crippen molar-refractivity contribution >= 4 is 5.69 Å². The number of benzene rings is 1. The summed E-state index contributed by atoms with van der Waals surface area (Å²) in [6, 6.07) is 7.19. The molecule has 0 aromatic heterocycles. The van der Waals surface area contributed by atoms with Crippen LogP contribution in [0.15, 0.2) is 18.2 Å². The summed E-state index contributed by atoms with van der Waals surface area (Å²) in [6.07, 6.45) is 1.18. The first-order valence-electron chi connectivity index (χ1n) is 5.20. The van der Waals surface area contributed by atoms with Crippen molar-refractivity contribution in [3.8, 4) is 0 Å². The van der Waals surface area contributed by atoms with Crippen molar-refractivity contribution in [2.45, 2.75) is 19.4 Å². The first-order valence-corrected chi connectivity index (χ1v) is 5.20. The van der Waals surface area contributed by atoms with Gasteiger partial charge in [-0.3, -0.25) is 0 Å². The fourth-order valence-electron chi connectivity index (χ4n) is 2.30. The van der Waals surface area contributed by atoms with Crippen LogP contribution in [0.5, 0.6) is 0 Å². The molecule has 1 N–H and O–H groups in total. The van der Waals surface area contributed by atoms with Gasteiger partial charge in [-0.05, 0) is 37.6 Å². The molecule has 0 saturated carbocycles. The topological polar surface area (TPSA) is 15.3 Å². The zero-order valence-corrected chi connectivity index (χ0v) is 9.17. The lowest BCUT2D eigenvalue weighted by atomic mass is 10.0. The molecule has 2 rings (SSSR count). The average molecular weight is 190 g/mol. The third-order valence-electron chi connectivity index (χ3n) is 3.19. The minimum Gasteiger partial charge on any atom is -0.370 e. The van der Waals surface area contributed by atoms with Crippen molar-refractivity contribution in [1.29, 1.82) is 0 Å². The molecular weight excluding hydrogens is 172 g/mol. The Bertz CT molecular complexity index is 333. The molecule has 0 spiro atoms. The zero-order chi connectivity index (χ0) is 10.1. The average Bonchev–Trinajstić information content (AvgIpc) is 2.48. The molecule has 1 atom stereocenters. The van der Waals surface area contributed by atoms with Crippen molar-refractivity contribution in [1.82, 2.24) is 5.32 Å². The van der Waals surface area contributed by atoms with Crippen LogP contribution >= 0.6 is 0 Å². The van der Waals surface area contributed by atoms with Crippen LogP contribution in [0.3, 0.4) is 0 Å². The lowest BCUT2D eigenvalue weighted by Crippen LogP contribution is -2.36. The highest BCUT2D eigenvalue weighted by atomic mass is 15.2.